The molecule has 2 aromatic carbocycles. The molecule has 1 aromatic heterocycles. The molecule has 4 rings (SSSR count). The number of amides is 2. The van der Waals surface area contributed by atoms with Crippen LogP contribution in [-0.4, -0.2) is 50.2 Å². The number of carbonyl (C=O) groups is 2. The number of nitrogens with one attached hydrogen (secondary N) is 2. The predicted octanol–water partition coefficient (Wildman–Crippen LogP) is 4.22. The number of hydrogen-bond donors (Lipinski definition) is 2. The average molecular weight is 526 g/mol. The quantitative estimate of drug-likeness (QED) is 0.408. The Morgan fingerprint density at radius 2 is 1.51 bits per heavy atom. The number of methoxy groups -OCH3 is 3. The van der Waals surface area contributed by atoms with Gasteiger partial charge in [-0.3, -0.25) is 9.59 Å². The number of thiazole rings is 1. The van der Waals surface area contributed by atoms with Gasteiger partial charge in [0.1, 0.15) is 28.8 Å². The smallest absolute Gasteiger partial charge is 0.271 e. The standard InChI is InChI=1S/C27H31N3O6S/c1-33-18-12-17(13-19(14-18)34-2)26(31)29-20-8-4-5-9-21(20)30-27(32)22-16-37-25(28-22)15-36-24-11-7-6-10-23(24)35-3/h6-7,10-14,16,20-21H,4-5,8-9,15H2,1-3H3,(H,29,31)(H,30,32)/t20-,21+/m0/s1. The van der Waals surface area contributed by atoms with E-state index in [1.807, 2.05) is 24.3 Å². The Hall–Kier alpha value is -3.79. The van der Waals surface area contributed by atoms with E-state index < -0.39 is 0 Å². The molecule has 2 amide bonds. The Morgan fingerprint density at radius 1 is 0.892 bits per heavy atom. The van der Waals surface area contributed by atoms with Crippen molar-refractivity contribution in [3.63, 3.8) is 0 Å². The minimum atomic E-state index is -0.269. The van der Waals surface area contributed by atoms with E-state index in [4.69, 9.17) is 18.9 Å². The van der Waals surface area contributed by atoms with Crippen molar-refractivity contribution in [3.8, 4) is 23.0 Å². The molecular weight excluding hydrogens is 494 g/mol. The molecule has 196 valence electrons. The molecule has 1 fully saturated rings. The molecule has 1 aliphatic carbocycles. The van der Waals surface area contributed by atoms with E-state index in [0.717, 1.165) is 25.7 Å². The summed E-state index contributed by atoms with van der Waals surface area (Å²) in [7, 11) is 4.66. The molecule has 1 saturated carbocycles. The number of para-hydroxylation sites is 2. The summed E-state index contributed by atoms with van der Waals surface area (Å²) in [6.45, 7) is 0.227. The van der Waals surface area contributed by atoms with Crippen molar-refractivity contribution in [1.82, 2.24) is 15.6 Å². The van der Waals surface area contributed by atoms with Crippen molar-refractivity contribution in [2.24, 2.45) is 0 Å². The summed E-state index contributed by atoms with van der Waals surface area (Å²) in [4.78, 5) is 30.5. The van der Waals surface area contributed by atoms with Crippen molar-refractivity contribution in [1.29, 1.82) is 0 Å². The number of nitrogens with zero attached hydrogens (tertiary/aromatic N) is 1. The van der Waals surface area contributed by atoms with Gasteiger partial charge < -0.3 is 29.6 Å². The van der Waals surface area contributed by atoms with Crippen LogP contribution in [0.1, 0.15) is 51.5 Å². The molecule has 0 radical (unpaired) electrons. The lowest BCUT2D eigenvalue weighted by molar-refractivity contribution is 0.0860. The second-order valence-corrected chi connectivity index (χ2v) is 9.55. The van der Waals surface area contributed by atoms with Gasteiger partial charge in [-0.1, -0.05) is 25.0 Å². The summed E-state index contributed by atoms with van der Waals surface area (Å²) >= 11 is 1.36. The van der Waals surface area contributed by atoms with E-state index in [1.54, 1.807) is 30.7 Å². The Morgan fingerprint density at radius 3 is 2.14 bits per heavy atom. The third kappa shape index (κ3) is 6.71. The monoisotopic (exact) mass is 525 g/mol. The van der Waals surface area contributed by atoms with Crippen LogP contribution < -0.4 is 29.6 Å². The van der Waals surface area contributed by atoms with Crippen LogP contribution in [0.3, 0.4) is 0 Å². The maximum absolute atomic E-state index is 13.0. The summed E-state index contributed by atoms with van der Waals surface area (Å²) in [5.41, 5.74) is 0.767. The number of carbonyl (C=O) groups excluding carboxylic acids is 2. The van der Waals surface area contributed by atoms with Gasteiger partial charge in [0.05, 0.1) is 21.3 Å². The number of ether oxygens (including phenoxy) is 4. The number of aromatic nitrogens is 1. The van der Waals surface area contributed by atoms with E-state index in [-0.39, 0.29) is 30.5 Å². The lowest BCUT2D eigenvalue weighted by Gasteiger charge is -2.32. The van der Waals surface area contributed by atoms with Gasteiger partial charge in [-0.15, -0.1) is 11.3 Å². The van der Waals surface area contributed by atoms with E-state index in [1.165, 1.54) is 25.6 Å². The SMILES string of the molecule is COc1cc(OC)cc(C(=O)N[C@H]2CCCC[C@H]2NC(=O)c2csc(COc3ccccc3OC)n2)c1. The molecule has 0 bridgehead atoms. The minimum Gasteiger partial charge on any atom is -0.497 e. The fourth-order valence-corrected chi connectivity index (χ4v) is 4.95. The van der Waals surface area contributed by atoms with E-state index in [9.17, 15) is 9.59 Å². The lowest BCUT2D eigenvalue weighted by Crippen LogP contribution is -2.53. The molecule has 2 atom stereocenters. The molecule has 10 heteroatoms. The van der Waals surface area contributed by atoms with Gasteiger partial charge in [0.15, 0.2) is 11.5 Å². The normalized spacial score (nSPS) is 16.9. The highest BCUT2D eigenvalue weighted by Gasteiger charge is 2.29. The van der Waals surface area contributed by atoms with E-state index in [0.29, 0.717) is 39.3 Å². The predicted molar refractivity (Wildman–Crippen MR) is 140 cm³/mol. The number of rotatable bonds is 10. The van der Waals surface area contributed by atoms with Crippen LogP contribution in [0.2, 0.25) is 0 Å². The number of hydrogen-bond acceptors (Lipinski definition) is 8. The van der Waals surface area contributed by atoms with Crippen LogP contribution in [0, 0.1) is 0 Å². The van der Waals surface area contributed by atoms with Crippen molar-refractivity contribution in [3.05, 3.63) is 64.1 Å². The summed E-state index contributed by atoms with van der Waals surface area (Å²) in [5.74, 6) is 1.80. The molecule has 0 aliphatic heterocycles. The van der Waals surface area contributed by atoms with Gasteiger partial charge in [0.25, 0.3) is 11.8 Å². The van der Waals surface area contributed by atoms with Crippen molar-refractivity contribution in [2.75, 3.05) is 21.3 Å². The average Bonchev–Trinajstić information content (AvgIpc) is 3.42. The van der Waals surface area contributed by atoms with Gasteiger partial charge in [-0.25, -0.2) is 4.98 Å². The van der Waals surface area contributed by atoms with Gasteiger partial charge in [-0.2, -0.15) is 0 Å². The van der Waals surface area contributed by atoms with Gasteiger partial charge in [0, 0.05) is 29.1 Å². The Labute approximate surface area is 220 Å². The molecule has 37 heavy (non-hydrogen) atoms. The molecule has 0 spiro atoms. The van der Waals surface area contributed by atoms with Crippen LogP contribution in [0.4, 0.5) is 0 Å². The molecule has 1 heterocycles. The lowest BCUT2D eigenvalue weighted by atomic mass is 9.90. The van der Waals surface area contributed by atoms with Crippen LogP contribution in [0.25, 0.3) is 0 Å². The van der Waals surface area contributed by atoms with Gasteiger partial charge in [-0.05, 0) is 37.1 Å². The zero-order chi connectivity index (χ0) is 26.2. The van der Waals surface area contributed by atoms with Crippen LogP contribution >= 0.6 is 11.3 Å². The molecule has 0 unspecified atom stereocenters. The van der Waals surface area contributed by atoms with Crippen molar-refractivity contribution >= 4 is 23.2 Å². The molecule has 9 nitrogen and oxygen atoms in total. The molecule has 2 N–H and O–H groups in total. The first-order chi connectivity index (χ1) is 18.0. The zero-order valence-electron chi connectivity index (χ0n) is 21.1. The molecule has 1 aliphatic rings. The molecular formula is C27H31N3O6S. The first-order valence-electron chi connectivity index (χ1n) is 12.1. The maximum atomic E-state index is 13.0. The highest BCUT2D eigenvalue weighted by atomic mass is 32.1. The van der Waals surface area contributed by atoms with Crippen molar-refractivity contribution < 1.29 is 28.5 Å². The number of benzene rings is 2. The largest absolute Gasteiger partial charge is 0.497 e. The van der Waals surface area contributed by atoms with Crippen LogP contribution in [0.5, 0.6) is 23.0 Å². The highest BCUT2D eigenvalue weighted by molar-refractivity contribution is 7.09. The van der Waals surface area contributed by atoms with Gasteiger partial charge >= 0.3 is 0 Å². The third-order valence-corrected chi connectivity index (χ3v) is 7.04. The Balaban J connectivity index is 1.37. The summed E-state index contributed by atoms with van der Waals surface area (Å²) in [6.07, 6.45) is 3.48. The van der Waals surface area contributed by atoms with Crippen LogP contribution in [-0.2, 0) is 6.61 Å². The Kier molecular flexibility index (Phi) is 8.84. The molecule has 3 aromatic rings. The second-order valence-electron chi connectivity index (χ2n) is 8.61. The highest BCUT2D eigenvalue weighted by Crippen LogP contribution is 2.27. The van der Waals surface area contributed by atoms with E-state index in [2.05, 4.69) is 15.6 Å². The van der Waals surface area contributed by atoms with E-state index >= 15 is 0 Å². The fraction of sp³-hybridized carbons (Fsp3) is 0.370. The van der Waals surface area contributed by atoms with Crippen LogP contribution in [0.15, 0.2) is 47.8 Å². The third-order valence-electron chi connectivity index (χ3n) is 6.22. The summed E-state index contributed by atoms with van der Waals surface area (Å²) in [5, 5.41) is 8.55. The second kappa shape index (κ2) is 12.4. The van der Waals surface area contributed by atoms with Crippen molar-refractivity contribution in [2.45, 2.75) is 44.4 Å². The fourth-order valence-electron chi connectivity index (χ4n) is 4.27. The topological polar surface area (TPSA) is 108 Å². The zero-order valence-corrected chi connectivity index (χ0v) is 21.9. The molecule has 0 saturated heterocycles. The Bertz CT molecular complexity index is 1210. The summed E-state index contributed by atoms with van der Waals surface area (Å²) < 4.78 is 21.7. The maximum Gasteiger partial charge on any atom is 0.271 e. The first kappa shape index (κ1) is 26.3. The minimum absolute atomic E-state index is 0.200. The summed E-state index contributed by atoms with van der Waals surface area (Å²) in [6, 6.07) is 12.0. The first-order valence-corrected chi connectivity index (χ1v) is 12.9. The van der Waals surface area contributed by atoms with Gasteiger partial charge in [0.2, 0.25) is 0 Å².